The summed E-state index contributed by atoms with van der Waals surface area (Å²) >= 11 is 0. The topological polar surface area (TPSA) is 59.3 Å². The highest BCUT2D eigenvalue weighted by atomic mass is 16.5. The average molecular weight is 259 g/mol. The third kappa shape index (κ3) is 2.77. The van der Waals surface area contributed by atoms with E-state index in [0.717, 1.165) is 0 Å². The number of ether oxygens (including phenoxy) is 2. The summed E-state index contributed by atoms with van der Waals surface area (Å²) in [6.45, 7) is 2.35. The van der Waals surface area contributed by atoms with Crippen molar-refractivity contribution in [2.45, 2.75) is 25.4 Å². The van der Waals surface area contributed by atoms with Crippen molar-refractivity contribution in [3.8, 4) is 11.8 Å². The maximum absolute atomic E-state index is 12.4. The molecule has 2 rings (SSSR count). The van der Waals surface area contributed by atoms with E-state index in [1.54, 1.807) is 19.2 Å². The van der Waals surface area contributed by atoms with Crippen LogP contribution in [0.5, 0.6) is 5.75 Å². The molecule has 1 fully saturated rings. The Kier molecular flexibility index (Phi) is 4.18. The van der Waals surface area contributed by atoms with Gasteiger partial charge in [-0.3, -0.25) is 4.79 Å². The highest BCUT2D eigenvalue weighted by molar-refractivity contribution is 5.91. The molecule has 1 saturated heterocycles. The molecule has 3 atom stereocenters. The number of nitrogens with zero attached hydrogens (tertiary/aromatic N) is 1. The van der Waals surface area contributed by atoms with Crippen molar-refractivity contribution in [3.63, 3.8) is 0 Å². The molecule has 19 heavy (non-hydrogen) atoms. The van der Waals surface area contributed by atoms with Crippen LogP contribution in [0.15, 0.2) is 24.3 Å². The lowest BCUT2D eigenvalue weighted by molar-refractivity contribution is -0.123. The second-order valence-electron chi connectivity index (χ2n) is 4.78. The molecule has 100 valence electrons. The van der Waals surface area contributed by atoms with Crippen molar-refractivity contribution in [2.24, 2.45) is 5.92 Å². The minimum absolute atomic E-state index is 0.0728. The molecule has 1 aromatic rings. The van der Waals surface area contributed by atoms with E-state index in [1.807, 2.05) is 19.1 Å². The van der Waals surface area contributed by atoms with Gasteiger partial charge in [0.05, 0.1) is 25.9 Å². The maximum Gasteiger partial charge on any atom is 0.160 e. The van der Waals surface area contributed by atoms with E-state index < -0.39 is 5.92 Å². The van der Waals surface area contributed by atoms with Gasteiger partial charge in [-0.15, -0.1) is 0 Å². The fraction of sp³-hybridized carbons (Fsp3) is 0.467. The van der Waals surface area contributed by atoms with E-state index >= 15 is 0 Å². The smallest absolute Gasteiger partial charge is 0.160 e. The molecule has 0 amide bonds. The van der Waals surface area contributed by atoms with E-state index in [4.69, 9.17) is 9.47 Å². The molecule has 1 aromatic carbocycles. The third-order valence-electron chi connectivity index (χ3n) is 3.46. The number of ketones is 1. The van der Waals surface area contributed by atoms with Gasteiger partial charge in [-0.1, -0.05) is 18.2 Å². The summed E-state index contributed by atoms with van der Waals surface area (Å²) in [5.41, 5.74) is 0.636. The van der Waals surface area contributed by atoms with Crippen molar-refractivity contribution in [2.75, 3.05) is 13.7 Å². The lowest BCUT2D eigenvalue weighted by atomic mass is 9.86. The molecule has 0 bridgehead atoms. The summed E-state index contributed by atoms with van der Waals surface area (Å²) in [5.74, 6) is -0.467. The molecule has 0 N–H and O–H groups in total. The molecule has 1 heterocycles. The fourth-order valence-corrected chi connectivity index (χ4v) is 2.44. The number of hydrogen-bond donors (Lipinski definition) is 0. The molecule has 0 aliphatic carbocycles. The number of benzene rings is 1. The van der Waals surface area contributed by atoms with Crippen LogP contribution in [0.4, 0.5) is 0 Å². The Hall–Kier alpha value is -1.86. The summed E-state index contributed by atoms with van der Waals surface area (Å²) in [7, 11) is 1.54. The Morgan fingerprint density at radius 3 is 2.84 bits per heavy atom. The van der Waals surface area contributed by atoms with Crippen LogP contribution >= 0.6 is 0 Å². The van der Waals surface area contributed by atoms with Gasteiger partial charge in [-0.05, 0) is 19.4 Å². The van der Waals surface area contributed by atoms with Gasteiger partial charge in [0, 0.05) is 11.5 Å². The first kappa shape index (κ1) is 13.6. The molecular formula is C15H17NO3. The molecule has 0 saturated carbocycles. The number of methoxy groups -OCH3 is 1. The molecule has 0 spiro atoms. The van der Waals surface area contributed by atoms with Gasteiger partial charge in [0.25, 0.3) is 0 Å². The maximum atomic E-state index is 12.4. The van der Waals surface area contributed by atoms with E-state index in [0.29, 0.717) is 24.3 Å². The summed E-state index contributed by atoms with van der Waals surface area (Å²) in [6, 6.07) is 9.26. The highest BCUT2D eigenvalue weighted by Gasteiger charge is 2.34. The van der Waals surface area contributed by atoms with Crippen LogP contribution in [0.2, 0.25) is 0 Å². The van der Waals surface area contributed by atoms with Crippen molar-refractivity contribution < 1.29 is 14.3 Å². The summed E-state index contributed by atoms with van der Waals surface area (Å²) in [6.07, 6.45) is 0.776. The van der Waals surface area contributed by atoms with Gasteiger partial charge in [-0.2, -0.15) is 5.26 Å². The van der Waals surface area contributed by atoms with E-state index in [2.05, 4.69) is 6.07 Å². The van der Waals surface area contributed by atoms with Gasteiger partial charge in [-0.25, -0.2) is 0 Å². The van der Waals surface area contributed by atoms with Crippen LogP contribution in [-0.4, -0.2) is 25.6 Å². The van der Waals surface area contributed by atoms with E-state index in [1.165, 1.54) is 0 Å². The lowest BCUT2D eigenvalue weighted by Crippen LogP contribution is -2.22. The largest absolute Gasteiger partial charge is 0.496 e. The Bertz CT molecular complexity index is 506. The zero-order valence-corrected chi connectivity index (χ0v) is 11.1. The van der Waals surface area contributed by atoms with Crippen LogP contribution in [0.1, 0.15) is 24.8 Å². The highest BCUT2D eigenvalue weighted by Crippen LogP contribution is 2.31. The number of rotatable bonds is 4. The zero-order valence-electron chi connectivity index (χ0n) is 11.1. The van der Waals surface area contributed by atoms with Gasteiger partial charge < -0.3 is 9.47 Å². The fourth-order valence-electron chi connectivity index (χ4n) is 2.44. The first-order chi connectivity index (χ1) is 9.17. The van der Waals surface area contributed by atoms with E-state index in [9.17, 15) is 10.1 Å². The van der Waals surface area contributed by atoms with Gasteiger partial charge in [0.1, 0.15) is 11.7 Å². The summed E-state index contributed by atoms with van der Waals surface area (Å²) in [5, 5.41) is 9.33. The first-order valence-corrected chi connectivity index (χ1v) is 6.35. The normalized spacial score (nSPS) is 23.6. The predicted molar refractivity (Wildman–Crippen MR) is 69.9 cm³/mol. The first-order valence-electron chi connectivity index (χ1n) is 6.35. The van der Waals surface area contributed by atoms with Crippen molar-refractivity contribution >= 4 is 5.78 Å². The SMILES string of the molecule is COc1ccccc1C(C#N)C(=O)C1COC(C)C1. The van der Waals surface area contributed by atoms with Crippen LogP contribution in [0.25, 0.3) is 0 Å². The zero-order chi connectivity index (χ0) is 13.8. The number of nitriles is 1. The second kappa shape index (κ2) is 5.85. The lowest BCUT2D eigenvalue weighted by Gasteiger charge is -2.15. The summed E-state index contributed by atoms with van der Waals surface area (Å²) < 4.78 is 10.6. The number of carbonyl (C=O) groups is 1. The molecule has 1 aliphatic rings. The van der Waals surface area contributed by atoms with Crippen LogP contribution in [0.3, 0.4) is 0 Å². The Morgan fingerprint density at radius 1 is 1.53 bits per heavy atom. The minimum Gasteiger partial charge on any atom is -0.496 e. The van der Waals surface area contributed by atoms with E-state index in [-0.39, 0.29) is 17.8 Å². The average Bonchev–Trinajstić information content (AvgIpc) is 2.86. The Balaban J connectivity index is 2.25. The second-order valence-corrected chi connectivity index (χ2v) is 4.78. The number of carbonyl (C=O) groups excluding carboxylic acids is 1. The molecule has 0 aromatic heterocycles. The van der Waals surface area contributed by atoms with Crippen LogP contribution in [0, 0.1) is 17.2 Å². The summed E-state index contributed by atoms with van der Waals surface area (Å²) in [4.78, 5) is 12.4. The van der Waals surface area contributed by atoms with Gasteiger partial charge in [0.2, 0.25) is 0 Å². The number of para-hydroxylation sites is 1. The standard InChI is InChI=1S/C15H17NO3/c1-10-7-11(9-19-10)15(17)13(8-16)12-5-3-4-6-14(12)18-2/h3-6,10-11,13H,7,9H2,1-2H3. The third-order valence-corrected chi connectivity index (χ3v) is 3.46. The monoisotopic (exact) mass is 259 g/mol. The van der Waals surface area contributed by atoms with Crippen molar-refractivity contribution in [1.82, 2.24) is 0 Å². The van der Waals surface area contributed by atoms with Crippen LogP contribution in [-0.2, 0) is 9.53 Å². The quantitative estimate of drug-likeness (QED) is 0.832. The van der Waals surface area contributed by atoms with Crippen molar-refractivity contribution in [1.29, 1.82) is 5.26 Å². The predicted octanol–water partition coefficient (Wildman–Crippen LogP) is 2.30. The minimum atomic E-state index is -0.782. The van der Waals surface area contributed by atoms with Crippen LogP contribution < -0.4 is 4.74 Å². The molecule has 3 unspecified atom stereocenters. The van der Waals surface area contributed by atoms with Crippen molar-refractivity contribution in [3.05, 3.63) is 29.8 Å². The van der Waals surface area contributed by atoms with Gasteiger partial charge >= 0.3 is 0 Å². The molecule has 4 nitrogen and oxygen atoms in total. The number of hydrogen-bond acceptors (Lipinski definition) is 4. The molecule has 0 radical (unpaired) electrons. The molecular weight excluding hydrogens is 242 g/mol. The Labute approximate surface area is 112 Å². The van der Waals surface area contributed by atoms with Gasteiger partial charge in [0.15, 0.2) is 5.78 Å². The molecule has 4 heteroatoms. The number of Topliss-reactive ketones (excluding diaryl/α,β-unsaturated/α-hetero) is 1. The molecule has 1 aliphatic heterocycles. The Morgan fingerprint density at radius 2 is 2.26 bits per heavy atom.